The van der Waals surface area contributed by atoms with Crippen LogP contribution in [0.5, 0.6) is 11.5 Å². The quantitative estimate of drug-likeness (QED) is 0.391. The lowest BCUT2D eigenvalue weighted by Gasteiger charge is -2.14. The summed E-state index contributed by atoms with van der Waals surface area (Å²) < 4.78 is 16.0. The average Bonchev–Trinajstić information content (AvgIpc) is 2.67. The Labute approximate surface area is 157 Å². The second kappa shape index (κ2) is 9.29. The molecule has 26 heavy (non-hydrogen) atoms. The van der Waals surface area contributed by atoms with Crippen molar-refractivity contribution in [1.82, 2.24) is 0 Å². The highest BCUT2D eigenvalue weighted by Gasteiger charge is 2.22. The summed E-state index contributed by atoms with van der Waals surface area (Å²) in [4.78, 5) is 25.9. The zero-order valence-electron chi connectivity index (χ0n) is 15.3. The first-order chi connectivity index (χ1) is 12.5. The van der Waals surface area contributed by atoms with Crippen LogP contribution < -0.4 is 9.47 Å². The number of rotatable bonds is 8. The molecule has 0 heterocycles. The van der Waals surface area contributed by atoms with Crippen LogP contribution in [0.2, 0.25) is 0 Å². The number of ketones is 1. The van der Waals surface area contributed by atoms with E-state index in [4.69, 9.17) is 14.2 Å². The molecule has 0 spiro atoms. The minimum Gasteiger partial charge on any atom is -0.496 e. The van der Waals surface area contributed by atoms with Crippen molar-refractivity contribution < 1.29 is 23.8 Å². The molecule has 2 aromatic carbocycles. The van der Waals surface area contributed by atoms with E-state index in [9.17, 15) is 9.59 Å². The summed E-state index contributed by atoms with van der Waals surface area (Å²) >= 11 is 1.54. The van der Waals surface area contributed by atoms with Crippen molar-refractivity contribution in [2.24, 2.45) is 0 Å². The molecule has 2 aromatic rings. The summed E-state index contributed by atoms with van der Waals surface area (Å²) in [6, 6.07) is 12.0. The van der Waals surface area contributed by atoms with E-state index < -0.39 is 12.1 Å². The predicted octanol–water partition coefficient (Wildman–Crippen LogP) is 4.24. The van der Waals surface area contributed by atoms with Gasteiger partial charge in [-0.3, -0.25) is 4.79 Å². The third-order valence-corrected chi connectivity index (χ3v) is 4.46. The second-order valence-electron chi connectivity index (χ2n) is 5.44. The van der Waals surface area contributed by atoms with Gasteiger partial charge in [-0.25, -0.2) is 4.79 Å². The van der Waals surface area contributed by atoms with Gasteiger partial charge in [0.15, 0.2) is 6.10 Å². The molecule has 0 bridgehead atoms. The van der Waals surface area contributed by atoms with Crippen LogP contribution in [0.25, 0.3) is 0 Å². The maximum absolute atomic E-state index is 12.5. The molecule has 138 valence electrons. The third kappa shape index (κ3) is 4.79. The van der Waals surface area contributed by atoms with Crippen LogP contribution in [0.3, 0.4) is 0 Å². The van der Waals surface area contributed by atoms with Crippen molar-refractivity contribution in [3.8, 4) is 11.5 Å². The average molecular weight is 374 g/mol. The minimum atomic E-state index is -0.912. The van der Waals surface area contributed by atoms with Gasteiger partial charge in [0.1, 0.15) is 17.1 Å². The van der Waals surface area contributed by atoms with Crippen LogP contribution in [-0.4, -0.2) is 37.8 Å². The van der Waals surface area contributed by atoms with E-state index in [0.717, 1.165) is 4.90 Å². The van der Waals surface area contributed by atoms with Crippen LogP contribution in [0, 0.1) is 0 Å². The summed E-state index contributed by atoms with van der Waals surface area (Å²) in [5.74, 6) is 0.234. The standard InChI is InChI=1S/C20H22O5S/c1-5-24-15-8-6-14(7-9-15)19(21)13(2)25-20(22)17-11-10-16(26-4)12-18(17)23-3/h6-13H,5H2,1-4H3/t13-/m1/s1. The highest BCUT2D eigenvalue weighted by molar-refractivity contribution is 7.98. The summed E-state index contributed by atoms with van der Waals surface area (Å²) in [5.41, 5.74) is 0.745. The molecule has 6 heteroatoms. The lowest BCUT2D eigenvalue weighted by Crippen LogP contribution is -2.24. The number of esters is 1. The van der Waals surface area contributed by atoms with Gasteiger partial charge in [-0.1, -0.05) is 0 Å². The number of hydrogen-bond donors (Lipinski definition) is 0. The number of carbonyl (C=O) groups excluding carboxylic acids is 2. The Bertz CT molecular complexity index is 770. The van der Waals surface area contributed by atoms with Gasteiger partial charge < -0.3 is 14.2 Å². The molecule has 1 atom stereocenters. The molecule has 0 aliphatic carbocycles. The largest absolute Gasteiger partial charge is 0.496 e. The molecule has 0 amide bonds. The van der Waals surface area contributed by atoms with Gasteiger partial charge in [0.05, 0.1) is 13.7 Å². The van der Waals surface area contributed by atoms with E-state index in [-0.39, 0.29) is 11.3 Å². The van der Waals surface area contributed by atoms with Gasteiger partial charge in [0.2, 0.25) is 5.78 Å². The van der Waals surface area contributed by atoms with Gasteiger partial charge in [-0.05, 0) is 62.6 Å². The Morgan fingerprint density at radius 3 is 2.38 bits per heavy atom. The first-order valence-electron chi connectivity index (χ1n) is 8.20. The first-order valence-corrected chi connectivity index (χ1v) is 9.42. The Morgan fingerprint density at radius 1 is 1.12 bits per heavy atom. The zero-order valence-corrected chi connectivity index (χ0v) is 16.1. The van der Waals surface area contributed by atoms with Gasteiger partial charge in [0.25, 0.3) is 0 Å². The lowest BCUT2D eigenvalue weighted by atomic mass is 10.1. The fourth-order valence-corrected chi connectivity index (χ4v) is 2.79. The van der Waals surface area contributed by atoms with Crippen molar-refractivity contribution in [2.75, 3.05) is 20.0 Å². The van der Waals surface area contributed by atoms with Crippen molar-refractivity contribution in [3.05, 3.63) is 53.6 Å². The molecule has 0 radical (unpaired) electrons. The number of Topliss-reactive ketones (excluding diaryl/α,β-unsaturated/α-hetero) is 1. The van der Waals surface area contributed by atoms with Gasteiger partial charge in [-0.2, -0.15) is 0 Å². The van der Waals surface area contributed by atoms with E-state index in [1.54, 1.807) is 55.1 Å². The van der Waals surface area contributed by atoms with Gasteiger partial charge in [-0.15, -0.1) is 11.8 Å². The molecule has 5 nitrogen and oxygen atoms in total. The molecule has 0 saturated carbocycles. The number of benzene rings is 2. The first kappa shape index (κ1) is 19.8. The van der Waals surface area contributed by atoms with E-state index in [1.807, 2.05) is 19.2 Å². The monoisotopic (exact) mass is 374 g/mol. The summed E-state index contributed by atoms with van der Waals surface area (Å²) in [6.45, 7) is 4.00. The van der Waals surface area contributed by atoms with E-state index in [0.29, 0.717) is 23.7 Å². The van der Waals surface area contributed by atoms with Crippen LogP contribution in [0.4, 0.5) is 0 Å². The van der Waals surface area contributed by atoms with Crippen molar-refractivity contribution in [1.29, 1.82) is 0 Å². The van der Waals surface area contributed by atoms with Crippen molar-refractivity contribution in [3.63, 3.8) is 0 Å². The molecular formula is C20H22O5S. The number of ether oxygens (including phenoxy) is 3. The number of thioether (sulfide) groups is 1. The van der Waals surface area contributed by atoms with Crippen LogP contribution >= 0.6 is 11.8 Å². The molecule has 0 aliphatic heterocycles. The molecule has 0 unspecified atom stereocenters. The SMILES string of the molecule is CCOc1ccc(C(=O)[C@@H](C)OC(=O)c2ccc(SC)cc2OC)cc1. The van der Waals surface area contributed by atoms with E-state index in [2.05, 4.69) is 0 Å². The maximum atomic E-state index is 12.5. The fourth-order valence-electron chi connectivity index (χ4n) is 2.36. The normalized spacial score (nSPS) is 11.5. The molecular weight excluding hydrogens is 352 g/mol. The number of methoxy groups -OCH3 is 1. The Kier molecular flexibility index (Phi) is 7.09. The Balaban J connectivity index is 2.09. The van der Waals surface area contributed by atoms with Crippen LogP contribution in [0.1, 0.15) is 34.6 Å². The Morgan fingerprint density at radius 2 is 1.81 bits per heavy atom. The second-order valence-corrected chi connectivity index (χ2v) is 6.32. The molecule has 0 N–H and O–H groups in total. The highest BCUT2D eigenvalue weighted by Crippen LogP contribution is 2.26. The molecule has 0 aliphatic rings. The van der Waals surface area contributed by atoms with Crippen LogP contribution in [0.15, 0.2) is 47.4 Å². The van der Waals surface area contributed by atoms with Crippen molar-refractivity contribution in [2.45, 2.75) is 24.8 Å². The zero-order chi connectivity index (χ0) is 19.1. The number of carbonyl (C=O) groups is 2. The molecule has 0 aromatic heterocycles. The van der Waals surface area contributed by atoms with Crippen molar-refractivity contribution >= 4 is 23.5 Å². The lowest BCUT2D eigenvalue weighted by molar-refractivity contribution is 0.0315. The summed E-state index contributed by atoms with van der Waals surface area (Å²) in [5, 5.41) is 0. The summed E-state index contributed by atoms with van der Waals surface area (Å²) in [7, 11) is 1.49. The molecule has 0 fully saturated rings. The van der Waals surface area contributed by atoms with E-state index in [1.165, 1.54) is 7.11 Å². The minimum absolute atomic E-state index is 0.277. The van der Waals surface area contributed by atoms with Crippen LogP contribution in [-0.2, 0) is 4.74 Å². The third-order valence-electron chi connectivity index (χ3n) is 3.73. The predicted molar refractivity (Wildman–Crippen MR) is 102 cm³/mol. The van der Waals surface area contributed by atoms with Gasteiger partial charge >= 0.3 is 5.97 Å². The summed E-state index contributed by atoms with van der Waals surface area (Å²) in [6.07, 6.45) is 1.02. The maximum Gasteiger partial charge on any atom is 0.342 e. The fraction of sp³-hybridized carbons (Fsp3) is 0.300. The smallest absolute Gasteiger partial charge is 0.342 e. The number of hydrogen-bond acceptors (Lipinski definition) is 6. The molecule has 0 saturated heterocycles. The topological polar surface area (TPSA) is 61.8 Å². The van der Waals surface area contributed by atoms with E-state index >= 15 is 0 Å². The van der Waals surface area contributed by atoms with Gasteiger partial charge in [0, 0.05) is 10.5 Å². The Hall–Kier alpha value is -2.47. The molecule has 2 rings (SSSR count). The highest BCUT2D eigenvalue weighted by atomic mass is 32.2.